The highest BCUT2D eigenvalue weighted by atomic mass is 16.5. The summed E-state index contributed by atoms with van der Waals surface area (Å²) in [6, 6.07) is -0.320. The average Bonchev–Trinajstić information content (AvgIpc) is 2.04. The van der Waals surface area contributed by atoms with Crippen LogP contribution in [0.1, 0.15) is 6.42 Å². The van der Waals surface area contributed by atoms with Crippen molar-refractivity contribution in [2.45, 2.75) is 12.5 Å². The summed E-state index contributed by atoms with van der Waals surface area (Å²) in [5, 5.41) is 2.27. The van der Waals surface area contributed by atoms with Crippen LogP contribution in [-0.4, -0.2) is 42.6 Å². The normalized spacial score (nSPS) is 29.7. The predicted octanol–water partition coefficient (Wildman–Crippen LogP) is -0.673. The first-order chi connectivity index (χ1) is 5.77. The van der Waals surface area contributed by atoms with Crippen LogP contribution in [0.3, 0.4) is 0 Å². The quantitative estimate of drug-likeness (QED) is 0.524. The fourth-order valence-corrected chi connectivity index (χ4v) is 1.55. The molecule has 2 fully saturated rings. The number of morpholine rings is 1. The first kappa shape index (κ1) is 7.54. The van der Waals surface area contributed by atoms with Gasteiger partial charge < -0.3 is 9.64 Å². The molecule has 0 aromatic carbocycles. The van der Waals surface area contributed by atoms with E-state index in [1.54, 1.807) is 4.90 Å². The molecule has 5 nitrogen and oxygen atoms in total. The van der Waals surface area contributed by atoms with E-state index in [-0.39, 0.29) is 18.0 Å². The molecule has 2 saturated heterocycles. The fourth-order valence-electron chi connectivity index (χ4n) is 1.55. The Hall–Kier alpha value is -1.10. The Bertz CT molecular complexity index is 229. The molecule has 0 bridgehead atoms. The van der Waals surface area contributed by atoms with Gasteiger partial charge in [0.15, 0.2) is 0 Å². The van der Waals surface area contributed by atoms with Crippen LogP contribution in [-0.2, 0) is 9.53 Å². The minimum Gasteiger partial charge on any atom is -0.377 e. The lowest BCUT2D eigenvalue weighted by molar-refractivity contribution is -0.125. The van der Waals surface area contributed by atoms with Gasteiger partial charge in [0.1, 0.15) is 0 Å². The number of hydrogen-bond donors (Lipinski definition) is 1. The van der Waals surface area contributed by atoms with Gasteiger partial charge in [0, 0.05) is 13.0 Å². The lowest BCUT2D eigenvalue weighted by Gasteiger charge is -2.38. The summed E-state index contributed by atoms with van der Waals surface area (Å²) in [5.41, 5.74) is 0. The van der Waals surface area contributed by atoms with Crippen LogP contribution in [0.15, 0.2) is 0 Å². The van der Waals surface area contributed by atoms with Crippen molar-refractivity contribution in [3.63, 3.8) is 0 Å². The molecule has 0 unspecified atom stereocenters. The maximum atomic E-state index is 11.2. The zero-order valence-electron chi connectivity index (χ0n) is 6.58. The smallest absolute Gasteiger partial charge is 0.324 e. The molecule has 66 valence electrons. The molecule has 2 aliphatic rings. The van der Waals surface area contributed by atoms with Crippen LogP contribution in [0.4, 0.5) is 4.79 Å². The molecular weight excluding hydrogens is 160 g/mol. The standard InChI is InChI=1S/C7H10N2O3/c10-6-3-5-4-12-2-1-9(5)7(11)8-6/h5H,1-4H2,(H,8,10,11)/t5-/m1/s1. The number of urea groups is 1. The number of hydrogen-bond acceptors (Lipinski definition) is 3. The topological polar surface area (TPSA) is 58.6 Å². The first-order valence-corrected chi connectivity index (χ1v) is 3.95. The Labute approximate surface area is 69.7 Å². The number of nitrogens with one attached hydrogen (secondary N) is 1. The summed E-state index contributed by atoms with van der Waals surface area (Å²) in [6.45, 7) is 1.64. The Kier molecular flexibility index (Phi) is 1.73. The first-order valence-electron chi connectivity index (χ1n) is 3.95. The predicted molar refractivity (Wildman–Crippen MR) is 39.5 cm³/mol. The lowest BCUT2D eigenvalue weighted by Crippen LogP contribution is -2.59. The monoisotopic (exact) mass is 170 g/mol. The minimum absolute atomic E-state index is 0.0417. The van der Waals surface area contributed by atoms with E-state index in [0.717, 1.165) is 0 Å². The van der Waals surface area contributed by atoms with E-state index in [2.05, 4.69) is 5.32 Å². The molecule has 0 spiro atoms. The Morgan fingerprint density at radius 1 is 1.50 bits per heavy atom. The summed E-state index contributed by atoms with van der Waals surface area (Å²) in [4.78, 5) is 23.7. The zero-order chi connectivity index (χ0) is 8.55. The third-order valence-electron chi connectivity index (χ3n) is 2.16. The van der Waals surface area contributed by atoms with E-state index in [1.165, 1.54) is 0 Å². The van der Waals surface area contributed by atoms with Gasteiger partial charge in [-0.25, -0.2) is 4.79 Å². The van der Waals surface area contributed by atoms with Gasteiger partial charge in [-0.05, 0) is 0 Å². The van der Waals surface area contributed by atoms with Crippen molar-refractivity contribution in [1.29, 1.82) is 0 Å². The van der Waals surface area contributed by atoms with Crippen LogP contribution in [0.5, 0.6) is 0 Å². The van der Waals surface area contributed by atoms with Crippen LogP contribution in [0.25, 0.3) is 0 Å². The zero-order valence-corrected chi connectivity index (χ0v) is 6.58. The van der Waals surface area contributed by atoms with Gasteiger partial charge in [-0.3, -0.25) is 10.1 Å². The molecule has 0 radical (unpaired) electrons. The van der Waals surface area contributed by atoms with Gasteiger partial charge in [0.25, 0.3) is 0 Å². The van der Waals surface area contributed by atoms with Crippen LogP contribution < -0.4 is 5.32 Å². The van der Waals surface area contributed by atoms with Crippen LogP contribution in [0, 0.1) is 0 Å². The van der Waals surface area contributed by atoms with E-state index in [9.17, 15) is 9.59 Å². The van der Waals surface area contributed by atoms with Crippen molar-refractivity contribution >= 4 is 11.9 Å². The Morgan fingerprint density at radius 2 is 2.33 bits per heavy atom. The molecule has 12 heavy (non-hydrogen) atoms. The molecular formula is C7H10N2O3. The number of imide groups is 1. The number of amides is 3. The second-order valence-electron chi connectivity index (χ2n) is 2.98. The molecule has 0 saturated carbocycles. The summed E-state index contributed by atoms with van der Waals surface area (Å²) in [7, 11) is 0. The lowest BCUT2D eigenvalue weighted by atomic mass is 10.1. The third-order valence-corrected chi connectivity index (χ3v) is 2.16. The molecule has 0 aliphatic carbocycles. The van der Waals surface area contributed by atoms with Gasteiger partial charge >= 0.3 is 6.03 Å². The highest BCUT2D eigenvalue weighted by molar-refractivity contribution is 5.97. The van der Waals surface area contributed by atoms with Gasteiger partial charge in [0.05, 0.1) is 19.3 Å². The van der Waals surface area contributed by atoms with Gasteiger partial charge in [-0.1, -0.05) is 0 Å². The maximum absolute atomic E-state index is 11.2. The van der Waals surface area contributed by atoms with Gasteiger partial charge in [-0.2, -0.15) is 0 Å². The largest absolute Gasteiger partial charge is 0.377 e. The summed E-state index contributed by atoms with van der Waals surface area (Å²) >= 11 is 0. The van der Waals surface area contributed by atoms with E-state index in [0.29, 0.717) is 26.2 Å². The SMILES string of the molecule is O=C1C[C@@H]2COCCN2C(=O)N1. The fraction of sp³-hybridized carbons (Fsp3) is 0.714. The second kappa shape index (κ2) is 2.75. The van der Waals surface area contributed by atoms with Crippen molar-refractivity contribution < 1.29 is 14.3 Å². The summed E-state index contributed by atoms with van der Waals surface area (Å²) in [6.07, 6.45) is 0.367. The molecule has 1 atom stereocenters. The van der Waals surface area contributed by atoms with Crippen molar-refractivity contribution in [2.24, 2.45) is 0 Å². The van der Waals surface area contributed by atoms with E-state index in [1.807, 2.05) is 0 Å². The van der Waals surface area contributed by atoms with E-state index >= 15 is 0 Å². The van der Waals surface area contributed by atoms with E-state index in [4.69, 9.17) is 4.74 Å². The number of rotatable bonds is 0. The van der Waals surface area contributed by atoms with E-state index < -0.39 is 0 Å². The molecule has 5 heteroatoms. The highest BCUT2D eigenvalue weighted by Gasteiger charge is 2.34. The molecule has 2 aliphatic heterocycles. The van der Waals surface area contributed by atoms with Crippen LogP contribution >= 0.6 is 0 Å². The van der Waals surface area contributed by atoms with Crippen molar-refractivity contribution in [3.05, 3.63) is 0 Å². The van der Waals surface area contributed by atoms with Gasteiger partial charge in [0.2, 0.25) is 5.91 Å². The average molecular weight is 170 g/mol. The van der Waals surface area contributed by atoms with Crippen LogP contribution in [0.2, 0.25) is 0 Å². The Balaban J connectivity index is 2.11. The minimum atomic E-state index is -0.278. The summed E-state index contributed by atoms with van der Waals surface area (Å²) < 4.78 is 5.16. The number of fused-ring (bicyclic) bond motifs is 1. The van der Waals surface area contributed by atoms with Crippen molar-refractivity contribution in [3.8, 4) is 0 Å². The number of carbonyl (C=O) groups excluding carboxylic acids is 2. The molecule has 2 heterocycles. The Morgan fingerprint density at radius 3 is 3.17 bits per heavy atom. The highest BCUT2D eigenvalue weighted by Crippen LogP contribution is 2.14. The number of carbonyl (C=O) groups is 2. The molecule has 0 aromatic rings. The maximum Gasteiger partial charge on any atom is 0.324 e. The van der Waals surface area contributed by atoms with Crippen molar-refractivity contribution in [2.75, 3.05) is 19.8 Å². The van der Waals surface area contributed by atoms with Gasteiger partial charge in [-0.15, -0.1) is 0 Å². The molecule has 2 rings (SSSR count). The summed E-state index contributed by atoms with van der Waals surface area (Å²) in [5.74, 6) is -0.202. The molecule has 3 amide bonds. The molecule has 0 aromatic heterocycles. The van der Waals surface area contributed by atoms with Crippen molar-refractivity contribution in [1.82, 2.24) is 10.2 Å². The second-order valence-corrected chi connectivity index (χ2v) is 2.98. The number of ether oxygens (including phenoxy) is 1. The third kappa shape index (κ3) is 1.16. The molecule has 1 N–H and O–H groups in total. The number of nitrogens with zero attached hydrogens (tertiary/aromatic N) is 1.